The summed E-state index contributed by atoms with van der Waals surface area (Å²) in [4.78, 5) is 32.5. The van der Waals surface area contributed by atoms with Crippen molar-refractivity contribution in [3.05, 3.63) is 45.0 Å². The van der Waals surface area contributed by atoms with Crippen molar-refractivity contribution in [3.8, 4) is 11.5 Å². The Kier molecular flexibility index (Phi) is 4.76. The minimum Gasteiger partial charge on any atom is -0.493 e. The van der Waals surface area contributed by atoms with Crippen molar-refractivity contribution in [3.63, 3.8) is 0 Å². The highest BCUT2D eigenvalue weighted by Gasteiger charge is 2.25. The average molecular weight is 430 g/mol. The van der Waals surface area contributed by atoms with Crippen molar-refractivity contribution in [2.24, 2.45) is 0 Å². The minimum absolute atomic E-state index is 0.148. The topological polar surface area (TPSA) is 116 Å². The molecule has 2 aromatic heterocycles. The van der Waals surface area contributed by atoms with Crippen molar-refractivity contribution in [1.29, 1.82) is 0 Å². The molecular weight excluding hydrogens is 416 g/mol. The van der Waals surface area contributed by atoms with E-state index in [2.05, 4.69) is 15.3 Å². The van der Waals surface area contributed by atoms with Crippen LogP contribution in [0.3, 0.4) is 0 Å². The molecule has 0 saturated carbocycles. The van der Waals surface area contributed by atoms with Gasteiger partial charge in [0.15, 0.2) is 16.6 Å². The molecule has 0 spiro atoms. The number of nitro benzene ring substituents is 1. The molecule has 1 N–H and O–H groups in total. The van der Waals surface area contributed by atoms with Gasteiger partial charge in [-0.2, -0.15) is 0 Å². The second-order valence-electron chi connectivity index (χ2n) is 5.95. The summed E-state index contributed by atoms with van der Waals surface area (Å²) in [6, 6.07) is 6.16. The zero-order valence-electron chi connectivity index (χ0n) is 15.5. The van der Waals surface area contributed by atoms with E-state index in [1.54, 1.807) is 11.3 Å². The van der Waals surface area contributed by atoms with Crippen molar-refractivity contribution in [2.75, 3.05) is 19.5 Å². The number of nitrogens with zero attached hydrogens (tertiary/aromatic N) is 3. The Bertz CT molecular complexity index is 1280. The highest BCUT2D eigenvalue weighted by atomic mass is 32.1. The Morgan fingerprint density at radius 3 is 2.34 bits per heavy atom. The van der Waals surface area contributed by atoms with E-state index in [-0.39, 0.29) is 22.7 Å². The number of carbonyl (C=O) groups is 1. The van der Waals surface area contributed by atoms with E-state index in [1.807, 2.05) is 19.1 Å². The molecule has 148 valence electrons. The Hall–Kier alpha value is -3.31. The normalized spacial score (nSPS) is 11.0. The van der Waals surface area contributed by atoms with Gasteiger partial charge < -0.3 is 9.47 Å². The number of amides is 1. The summed E-state index contributed by atoms with van der Waals surface area (Å²) in [7, 11) is 2.76. The van der Waals surface area contributed by atoms with Gasteiger partial charge in [0.25, 0.3) is 11.6 Å². The van der Waals surface area contributed by atoms with Crippen LogP contribution < -0.4 is 14.8 Å². The number of hydrogen-bond donors (Lipinski definition) is 1. The number of carbonyl (C=O) groups excluding carboxylic acids is 1. The molecular formula is C18H14N4O5S2. The number of benzene rings is 2. The molecule has 29 heavy (non-hydrogen) atoms. The van der Waals surface area contributed by atoms with Gasteiger partial charge in [0.2, 0.25) is 0 Å². The fourth-order valence-electron chi connectivity index (χ4n) is 2.90. The maximum atomic E-state index is 12.8. The number of methoxy groups -OCH3 is 2. The molecule has 11 heteroatoms. The number of fused-ring (bicyclic) bond motifs is 3. The van der Waals surface area contributed by atoms with Gasteiger partial charge in [0.05, 0.1) is 50.7 Å². The van der Waals surface area contributed by atoms with Crippen LogP contribution in [-0.4, -0.2) is 35.0 Å². The lowest BCUT2D eigenvalue weighted by molar-refractivity contribution is -0.385. The lowest BCUT2D eigenvalue weighted by Crippen LogP contribution is -2.14. The number of hydrogen-bond acceptors (Lipinski definition) is 9. The van der Waals surface area contributed by atoms with Crippen LogP contribution in [0.25, 0.3) is 20.4 Å². The van der Waals surface area contributed by atoms with Gasteiger partial charge in [0, 0.05) is 6.07 Å². The fraction of sp³-hybridized carbons (Fsp3) is 0.167. The first-order valence-corrected chi connectivity index (χ1v) is 9.93. The highest BCUT2D eigenvalue weighted by molar-refractivity contribution is 7.28. The summed E-state index contributed by atoms with van der Waals surface area (Å²) in [5.41, 5.74) is 1.06. The van der Waals surface area contributed by atoms with Crippen LogP contribution in [0.2, 0.25) is 0 Å². The largest absolute Gasteiger partial charge is 0.493 e. The van der Waals surface area contributed by atoms with Gasteiger partial charge in [0.1, 0.15) is 5.56 Å². The number of aryl methyl sites for hydroxylation is 1. The van der Waals surface area contributed by atoms with Crippen LogP contribution in [0, 0.1) is 17.0 Å². The van der Waals surface area contributed by atoms with Gasteiger partial charge in [-0.25, -0.2) is 9.97 Å². The molecule has 0 aliphatic carbocycles. The van der Waals surface area contributed by atoms with E-state index < -0.39 is 10.8 Å². The van der Waals surface area contributed by atoms with Gasteiger partial charge >= 0.3 is 0 Å². The lowest BCUT2D eigenvalue weighted by atomic mass is 10.1. The second kappa shape index (κ2) is 7.26. The second-order valence-corrected chi connectivity index (χ2v) is 8.15. The van der Waals surface area contributed by atoms with E-state index in [0.717, 1.165) is 31.5 Å². The summed E-state index contributed by atoms with van der Waals surface area (Å²) in [6.07, 6.45) is 0. The maximum absolute atomic E-state index is 12.8. The molecule has 0 bridgehead atoms. The Balaban J connectivity index is 1.74. The van der Waals surface area contributed by atoms with Gasteiger partial charge in [-0.05, 0) is 19.1 Å². The number of nitrogens with one attached hydrogen (secondary N) is 1. The third-order valence-corrected chi connectivity index (χ3v) is 6.32. The first kappa shape index (κ1) is 19.0. The minimum atomic E-state index is -0.659. The average Bonchev–Trinajstić information content (AvgIpc) is 3.28. The monoisotopic (exact) mass is 430 g/mol. The van der Waals surface area contributed by atoms with Crippen LogP contribution in [0.4, 0.5) is 10.8 Å². The fourth-order valence-corrected chi connectivity index (χ4v) is 4.90. The van der Waals surface area contributed by atoms with E-state index in [1.165, 1.54) is 31.6 Å². The third kappa shape index (κ3) is 3.34. The van der Waals surface area contributed by atoms with Gasteiger partial charge in [-0.3, -0.25) is 20.2 Å². The van der Waals surface area contributed by atoms with Crippen molar-refractivity contribution >= 4 is 59.8 Å². The van der Waals surface area contributed by atoms with Crippen LogP contribution in [0.15, 0.2) is 24.3 Å². The molecule has 2 heterocycles. The maximum Gasteiger partial charge on any atom is 0.286 e. The van der Waals surface area contributed by atoms with Gasteiger partial charge in [-0.15, -0.1) is 11.3 Å². The first-order chi connectivity index (χ1) is 13.9. The van der Waals surface area contributed by atoms with Crippen LogP contribution in [-0.2, 0) is 0 Å². The molecule has 0 unspecified atom stereocenters. The summed E-state index contributed by atoms with van der Waals surface area (Å²) in [5.74, 6) is -0.276. The zero-order valence-corrected chi connectivity index (χ0v) is 17.1. The third-order valence-electron chi connectivity index (χ3n) is 4.18. The predicted molar refractivity (Wildman–Crippen MR) is 112 cm³/mol. The van der Waals surface area contributed by atoms with E-state index >= 15 is 0 Å². The van der Waals surface area contributed by atoms with Crippen molar-refractivity contribution in [1.82, 2.24) is 9.97 Å². The molecule has 4 rings (SSSR count). The molecule has 9 nitrogen and oxygen atoms in total. The Morgan fingerprint density at radius 1 is 1.07 bits per heavy atom. The molecule has 1 amide bonds. The van der Waals surface area contributed by atoms with E-state index in [0.29, 0.717) is 5.13 Å². The molecule has 0 saturated heterocycles. The van der Waals surface area contributed by atoms with Crippen molar-refractivity contribution in [2.45, 2.75) is 6.92 Å². The lowest BCUT2D eigenvalue weighted by Gasteiger charge is -2.10. The number of anilines is 1. The molecule has 0 fully saturated rings. The molecule has 0 aliphatic heterocycles. The molecule has 0 atom stereocenters. The number of rotatable bonds is 5. The summed E-state index contributed by atoms with van der Waals surface area (Å²) < 4.78 is 12.2. The summed E-state index contributed by atoms with van der Waals surface area (Å²) in [6.45, 7) is 1.93. The quantitative estimate of drug-likeness (QED) is 0.368. The number of ether oxygens (including phenoxy) is 2. The Labute approximate surface area is 172 Å². The smallest absolute Gasteiger partial charge is 0.286 e. The van der Waals surface area contributed by atoms with E-state index in [9.17, 15) is 14.9 Å². The summed E-state index contributed by atoms with van der Waals surface area (Å²) >= 11 is 2.85. The zero-order chi connectivity index (χ0) is 20.7. The SMILES string of the molecule is COc1cc(C(=O)Nc2nc3ccc4nc(C)sc4c3s2)c([N+](=O)[O-])cc1OC. The number of aromatic nitrogens is 2. The Morgan fingerprint density at radius 2 is 1.69 bits per heavy atom. The molecule has 0 aliphatic rings. The number of thiazole rings is 2. The van der Waals surface area contributed by atoms with Crippen LogP contribution in [0.5, 0.6) is 11.5 Å². The van der Waals surface area contributed by atoms with Gasteiger partial charge in [-0.1, -0.05) is 11.3 Å². The molecule has 0 radical (unpaired) electrons. The molecule has 4 aromatic rings. The highest BCUT2D eigenvalue weighted by Crippen LogP contribution is 2.37. The van der Waals surface area contributed by atoms with Crippen LogP contribution in [0.1, 0.15) is 15.4 Å². The number of nitro groups is 1. The van der Waals surface area contributed by atoms with Crippen LogP contribution >= 0.6 is 22.7 Å². The molecule has 2 aromatic carbocycles. The predicted octanol–water partition coefficient (Wildman–Crippen LogP) is 4.39. The summed E-state index contributed by atoms with van der Waals surface area (Å²) in [5, 5.41) is 15.4. The van der Waals surface area contributed by atoms with Crippen molar-refractivity contribution < 1.29 is 19.2 Å². The first-order valence-electron chi connectivity index (χ1n) is 8.29. The van der Waals surface area contributed by atoms with E-state index in [4.69, 9.17) is 9.47 Å². The standard InChI is InChI=1S/C18H14N4O5S2/c1-8-19-10-4-5-11-16(15(10)28-8)29-18(20-11)21-17(23)9-6-13(26-2)14(27-3)7-12(9)22(24)25/h4-7H,1-3H3,(H,20,21,23).